The van der Waals surface area contributed by atoms with Crippen molar-refractivity contribution >= 4 is 32.4 Å². The van der Waals surface area contributed by atoms with Gasteiger partial charge < -0.3 is 0 Å². The third kappa shape index (κ3) is 5.18. The van der Waals surface area contributed by atoms with Gasteiger partial charge in [0.05, 0.1) is 0 Å². The molecule has 3 aromatic carbocycles. The summed E-state index contributed by atoms with van der Waals surface area (Å²) >= 11 is -4.50. The quantitative estimate of drug-likeness (QED) is 0.226. The minimum absolute atomic E-state index is 0. The van der Waals surface area contributed by atoms with Crippen LogP contribution in [-0.2, 0) is 28.8 Å². The molecule has 1 fully saturated rings. The first-order valence-corrected chi connectivity index (χ1v) is 26.6. The van der Waals surface area contributed by atoms with Gasteiger partial charge in [-0.05, 0) is 0 Å². The van der Waals surface area contributed by atoms with E-state index in [-0.39, 0.29) is 35.6 Å². The van der Waals surface area contributed by atoms with Crippen LogP contribution in [0.15, 0.2) is 85.0 Å². The Kier molecular flexibility index (Phi) is 9.32. The van der Waals surface area contributed by atoms with Crippen LogP contribution in [0.4, 0.5) is 0 Å². The Morgan fingerprint density at radius 3 is 1.53 bits per heavy atom. The Hall–Kier alpha value is -1.54. The molecule has 0 heterocycles. The van der Waals surface area contributed by atoms with E-state index in [4.69, 9.17) is 4.26 Å². The third-order valence-corrected chi connectivity index (χ3v) is 40.7. The van der Waals surface area contributed by atoms with Gasteiger partial charge in [0.15, 0.2) is 0 Å². The number of halogens is 2. The zero-order chi connectivity index (χ0) is 29.4. The van der Waals surface area contributed by atoms with Gasteiger partial charge in [0.1, 0.15) is 0 Å². The van der Waals surface area contributed by atoms with Crippen molar-refractivity contribution in [3.05, 3.63) is 113 Å². The summed E-state index contributed by atoms with van der Waals surface area (Å²) in [6.45, 7) is 18.8. The zero-order valence-corrected chi connectivity index (χ0v) is 32.8. The van der Waals surface area contributed by atoms with E-state index in [0.717, 1.165) is 0 Å². The average molecular weight is 782 g/mol. The van der Waals surface area contributed by atoms with Crippen LogP contribution in [-0.4, -0.2) is 4.26 Å². The first kappa shape index (κ1) is 34.3. The molecule has 0 amide bonds. The molecule has 3 aliphatic carbocycles. The first-order chi connectivity index (χ1) is 19.2. The molecule has 43 heavy (non-hydrogen) atoms. The van der Waals surface area contributed by atoms with Crippen LogP contribution in [0.25, 0.3) is 11.1 Å². The zero-order valence-electron chi connectivity index (χ0n) is 27.5. The van der Waals surface area contributed by atoms with Crippen LogP contribution < -0.4 is 3.32 Å². The maximum atomic E-state index is 5.83. The fraction of sp³-hybridized carbons (Fsp3) is 0.425. The molecular weight excluding hydrogens is 730 g/mol. The van der Waals surface area contributed by atoms with Gasteiger partial charge in [0.2, 0.25) is 0 Å². The van der Waals surface area contributed by atoms with Crippen LogP contribution in [0.1, 0.15) is 112 Å². The van der Waals surface area contributed by atoms with E-state index in [1.807, 2.05) is 0 Å². The third-order valence-electron chi connectivity index (χ3n) is 11.3. The van der Waals surface area contributed by atoms with Crippen LogP contribution >= 0.6 is 24.8 Å². The van der Waals surface area contributed by atoms with Crippen molar-refractivity contribution in [2.24, 2.45) is 0 Å². The molecule has 0 unspecified atom stereocenters. The second kappa shape index (κ2) is 11.7. The van der Waals surface area contributed by atoms with Gasteiger partial charge in [0, 0.05) is 0 Å². The van der Waals surface area contributed by atoms with E-state index in [9.17, 15) is 0 Å². The van der Waals surface area contributed by atoms with E-state index >= 15 is 0 Å². The summed E-state index contributed by atoms with van der Waals surface area (Å²) < 4.78 is 8.95. The number of rotatable bonds is 5. The van der Waals surface area contributed by atoms with E-state index in [2.05, 4.69) is 140 Å². The number of allylic oxidation sites excluding steroid dienone is 4. The molecule has 230 valence electrons. The molecule has 0 spiro atoms. The van der Waals surface area contributed by atoms with Crippen molar-refractivity contribution in [2.75, 3.05) is 0 Å². The van der Waals surface area contributed by atoms with Gasteiger partial charge in [-0.1, -0.05) is 0 Å². The molecule has 0 nitrogen and oxygen atoms in total. The Morgan fingerprint density at radius 2 is 1.16 bits per heavy atom. The van der Waals surface area contributed by atoms with Crippen molar-refractivity contribution in [1.29, 1.82) is 0 Å². The van der Waals surface area contributed by atoms with Gasteiger partial charge in [-0.2, -0.15) is 0 Å². The summed E-state index contributed by atoms with van der Waals surface area (Å²) in [4.78, 5) is 0. The van der Waals surface area contributed by atoms with E-state index in [1.54, 1.807) is 14.4 Å². The fourth-order valence-corrected chi connectivity index (χ4v) is 38.7. The van der Waals surface area contributed by atoms with Crippen LogP contribution in [0.2, 0.25) is 7.35 Å². The molecule has 3 aromatic rings. The Labute approximate surface area is 274 Å². The monoisotopic (exact) mass is 782 g/mol. The van der Waals surface area contributed by atoms with Crippen molar-refractivity contribution in [1.82, 2.24) is 0 Å². The summed E-state index contributed by atoms with van der Waals surface area (Å²) in [6.07, 6.45) is 13.7. The predicted molar refractivity (Wildman–Crippen MR) is 193 cm³/mol. The minimum atomic E-state index is -4.50. The molecule has 3 heteroatoms. The molecule has 3 aliphatic rings. The molecule has 0 atom stereocenters. The second-order valence-electron chi connectivity index (χ2n) is 16.0. The molecule has 0 aliphatic heterocycles. The predicted octanol–water partition coefficient (Wildman–Crippen LogP) is 11.7. The summed E-state index contributed by atoms with van der Waals surface area (Å²) in [6, 6.07) is 24.9. The average Bonchev–Trinajstić information content (AvgIpc) is 3.53. The summed E-state index contributed by atoms with van der Waals surface area (Å²) in [5.74, 6) is 0.530. The number of fused-ring (bicyclic) bond motifs is 3. The van der Waals surface area contributed by atoms with E-state index in [0.29, 0.717) is 16.9 Å². The molecule has 0 radical (unpaired) electrons. The van der Waals surface area contributed by atoms with E-state index < -0.39 is 18.0 Å². The van der Waals surface area contributed by atoms with E-state index in [1.165, 1.54) is 47.1 Å². The number of benzene rings is 3. The number of hydrogen-bond acceptors (Lipinski definition) is 0. The van der Waals surface area contributed by atoms with Crippen molar-refractivity contribution in [2.45, 2.75) is 102 Å². The molecule has 6 rings (SSSR count). The Bertz CT molecular complexity index is 1540. The molecule has 0 aromatic heterocycles. The van der Waals surface area contributed by atoms with Crippen LogP contribution in [0.3, 0.4) is 0 Å². The Morgan fingerprint density at radius 1 is 0.698 bits per heavy atom. The SMILES string of the molecule is Cl.Cl.[CH2]=[Hf]([c]1ccc(C(C)C)cc1)([CH]1C=CC=C1)([CH]1CCC1)[CH]1c2cc(C(C)(C)C)ccc2-c2ccc(C(C)(C)C)cc21. The standard InChI is InChI=1S/C21H25.C9H11.C5H5.C4H7.CH2.2ClH.Hf/c1-20(2,3)16-7-9-18-14(12-16)11-15-13-17(21(4,5)6)8-10-19(15)18;1-8(2)9-6-4-3-5-7-9;1-2-4-5-3-1;1-2-4-3-1;;;;/h7-13H,1-6H3;4-8H,1-2H3;1-5H;1H,2-4H2;1H2;2*1H;. The van der Waals surface area contributed by atoms with Gasteiger partial charge in [-0.25, -0.2) is 0 Å². The summed E-state index contributed by atoms with van der Waals surface area (Å²) in [5, 5.41) is 0. The fourth-order valence-electron chi connectivity index (χ4n) is 8.47. The van der Waals surface area contributed by atoms with Crippen LogP contribution in [0, 0.1) is 0 Å². The van der Waals surface area contributed by atoms with Gasteiger partial charge in [-0.3, -0.25) is 0 Å². The molecule has 0 N–H and O–H groups in total. The topological polar surface area (TPSA) is 0 Å². The molecule has 0 saturated heterocycles. The number of hydrogen-bond donors (Lipinski definition) is 0. The summed E-state index contributed by atoms with van der Waals surface area (Å²) in [7, 11) is 0. The van der Waals surface area contributed by atoms with Crippen molar-refractivity contribution < 1.29 is 18.0 Å². The van der Waals surface area contributed by atoms with Gasteiger partial charge in [0.25, 0.3) is 0 Å². The van der Waals surface area contributed by atoms with Crippen LogP contribution in [0.5, 0.6) is 0 Å². The van der Waals surface area contributed by atoms with Crippen molar-refractivity contribution in [3.8, 4) is 11.1 Å². The van der Waals surface area contributed by atoms with Crippen molar-refractivity contribution in [3.63, 3.8) is 0 Å². The molecular formula is C40H52Cl2Hf. The summed E-state index contributed by atoms with van der Waals surface area (Å²) in [5.41, 5.74) is 10.6. The maximum absolute atomic E-state index is 5.83. The first-order valence-electron chi connectivity index (χ1n) is 16.0. The normalized spacial score (nSPS) is 17.3. The molecule has 0 bridgehead atoms. The second-order valence-corrected chi connectivity index (χ2v) is 37.8. The molecule has 1 saturated carbocycles. The Balaban J connectivity index is 0.00000212. The van der Waals surface area contributed by atoms with Gasteiger partial charge >= 0.3 is 252 Å². The van der Waals surface area contributed by atoms with Gasteiger partial charge in [-0.15, -0.1) is 24.8 Å².